The Balaban J connectivity index is 1.64. The molecule has 1 atom stereocenters. The summed E-state index contributed by atoms with van der Waals surface area (Å²) >= 11 is 0. The van der Waals surface area contributed by atoms with E-state index in [1.165, 1.54) is 23.0 Å². The minimum Gasteiger partial charge on any atom is -0.396 e. The third-order valence-corrected chi connectivity index (χ3v) is 4.85. The molecule has 1 aliphatic rings. The van der Waals surface area contributed by atoms with E-state index in [1.54, 1.807) is 6.20 Å². The van der Waals surface area contributed by atoms with Gasteiger partial charge in [-0.15, -0.1) is 0 Å². The van der Waals surface area contributed by atoms with E-state index in [0.29, 0.717) is 23.1 Å². The zero-order valence-electron chi connectivity index (χ0n) is 15.0. The van der Waals surface area contributed by atoms with Gasteiger partial charge in [0.15, 0.2) is 11.5 Å². The summed E-state index contributed by atoms with van der Waals surface area (Å²) < 4.78 is 39.6. The van der Waals surface area contributed by atoms with Crippen LogP contribution in [-0.4, -0.2) is 55.3 Å². The molecule has 0 saturated carbocycles. The standard InChI is InChI=1S/C18H19F3N6O/c19-18(20,21)7-13-11-27-14(8-24-16(27)9-23-13)17-22-4-1-15(25-17)26-5-2-12(10-26)3-6-28/h1,4,8-9,11-12,28H,2-3,5-7,10H2. The van der Waals surface area contributed by atoms with Crippen molar-refractivity contribution in [2.45, 2.75) is 25.4 Å². The molecule has 1 N–H and O–H groups in total. The van der Waals surface area contributed by atoms with Crippen molar-refractivity contribution in [3.05, 3.63) is 36.5 Å². The van der Waals surface area contributed by atoms with Gasteiger partial charge in [0.25, 0.3) is 0 Å². The molecule has 3 aromatic heterocycles. The second-order valence-electron chi connectivity index (χ2n) is 6.89. The van der Waals surface area contributed by atoms with Gasteiger partial charge in [-0.1, -0.05) is 0 Å². The number of nitrogens with zero attached hydrogens (tertiary/aromatic N) is 6. The van der Waals surface area contributed by atoms with Crippen molar-refractivity contribution in [1.82, 2.24) is 24.3 Å². The van der Waals surface area contributed by atoms with Crippen molar-refractivity contribution in [1.29, 1.82) is 0 Å². The van der Waals surface area contributed by atoms with Crippen LogP contribution in [0, 0.1) is 5.92 Å². The number of hydrogen-bond donors (Lipinski definition) is 1. The summed E-state index contributed by atoms with van der Waals surface area (Å²) in [5.41, 5.74) is 0.842. The molecule has 0 spiro atoms. The number of halogens is 3. The van der Waals surface area contributed by atoms with Crippen LogP contribution in [0.2, 0.25) is 0 Å². The summed E-state index contributed by atoms with van der Waals surface area (Å²) in [4.78, 5) is 19.0. The number of alkyl halides is 3. The van der Waals surface area contributed by atoms with Crippen LogP contribution in [0.4, 0.5) is 19.0 Å². The number of hydrogen-bond acceptors (Lipinski definition) is 6. The van der Waals surface area contributed by atoms with Crippen molar-refractivity contribution in [3.63, 3.8) is 0 Å². The van der Waals surface area contributed by atoms with E-state index in [-0.39, 0.29) is 12.3 Å². The van der Waals surface area contributed by atoms with E-state index < -0.39 is 12.6 Å². The SMILES string of the molecule is OCCC1CCN(c2ccnc(-c3cnc4cnc(CC(F)(F)F)cn34)n2)C1. The highest BCUT2D eigenvalue weighted by molar-refractivity contribution is 5.58. The molecule has 28 heavy (non-hydrogen) atoms. The zero-order chi connectivity index (χ0) is 19.7. The molecule has 3 aromatic rings. The smallest absolute Gasteiger partial charge is 0.394 e. The lowest BCUT2D eigenvalue weighted by atomic mass is 10.1. The molecule has 0 aromatic carbocycles. The second-order valence-corrected chi connectivity index (χ2v) is 6.89. The minimum absolute atomic E-state index is 0.0956. The molecule has 148 valence electrons. The fraction of sp³-hybridized carbons (Fsp3) is 0.444. The molecule has 10 heteroatoms. The van der Waals surface area contributed by atoms with Crippen molar-refractivity contribution in [3.8, 4) is 11.5 Å². The van der Waals surface area contributed by atoms with Crippen molar-refractivity contribution in [2.75, 3.05) is 24.6 Å². The number of rotatable bonds is 5. The lowest BCUT2D eigenvalue weighted by Gasteiger charge is -2.17. The van der Waals surface area contributed by atoms with E-state index in [1.807, 2.05) is 6.07 Å². The zero-order valence-corrected chi connectivity index (χ0v) is 15.0. The molecule has 1 unspecified atom stereocenters. The third-order valence-electron chi connectivity index (χ3n) is 4.85. The van der Waals surface area contributed by atoms with Gasteiger partial charge >= 0.3 is 6.18 Å². The van der Waals surface area contributed by atoms with E-state index in [2.05, 4.69) is 24.8 Å². The van der Waals surface area contributed by atoms with Gasteiger partial charge in [-0.2, -0.15) is 13.2 Å². The predicted octanol–water partition coefficient (Wildman–Crippen LogP) is 2.50. The van der Waals surface area contributed by atoms with Gasteiger partial charge in [0.1, 0.15) is 11.5 Å². The van der Waals surface area contributed by atoms with E-state index in [0.717, 1.165) is 31.7 Å². The lowest BCUT2D eigenvalue weighted by Crippen LogP contribution is -2.21. The largest absolute Gasteiger partial charge is 0.396 e. The Morgan fingerprint density at radius 1 is 1.18 bits per heavy atom. The van der Waals surface area contributed by atoms with Crippen molar-refractivity contribution >= 4 is 11.5 Å². The molecule has 7 nitrogen and oxygen atoms in total. The van der Waals surface area contributed by atoms with Crippen LogP contribution in [-0.2, 0) is 6.42 Å². The quantitative estimate of drug-likeness (QED) is 0.719. The number of aliphatic hydroxyl groups excluding tert-OH is 1. The summed E-state index contributed by atoms with van der Waals surface area (Å²) in [5.74, 6) is 1.57. The summed E-state index contributed by atoms with van der Waals surface area (Å²) in [6.07, 6.45) is 2.11. The molecule has 1 fully saturated rings. The average Bonchev–Trinajstić information content (AvgIpc) is 3.27. The lowest BCUT2D eigenvalue weighted by molar-refractivity contribution is -0.127. The number of anilines is 1. The molecule has 0 aliphatic carbocycles. The molecule has 0 radical (unpaired) electrons. The first-order valence-corrected chi connectivity index (χ1v) is 9.01. The van der Waals surface area contributed by atoms with Gasteiger partial charge in [-0.3, -0.25) is 9.38 Å². The van der Waals surface area contributed by atoms with Crippen LogP contribution in [0.1, 0.15) is 18.5 Å². The first kappa shape index (κ1) is 18.6. The second kappa shape index (κ2) is 7.34. The third kappa shape index (κ3) is 3.91. The molecular weight excluding hydrogens is 373 g/mol. The number of aliphatic hydroxyl groups is 1. The molecule has 4 heterocycles. The maximum absolute atomic E-state index is 12.7. The van der Waals surface area contributed by atoms with Crippen LogP contribution in [0.3, 0.4) is 0 Å². The Labute approximate surface area is 158 Å². The van der Waals surface area contributed by atoms with Gasteiger partial charge in [0, 0.05) is 32.1 Å². The Kier molecular flexibility index (Phi) is 4.88. The number of imidazole rings is 1. The molecule has 0 amide bonds. The monoisotopic (exact) mass is 392 g/mol. The van der Waals surface area contributed by atoms with E-state index in [4.69, 9.17) is 5.11 Å². The van der Waals surface area contributed by atoms with Crippen LogP contribution in [0.25, 0.3) is 17.2 Å². The van der Waals surface area contributed by atoms with Gasteiger partial charge in [0.05, 0.1) is 24.5 Å². The Bertz CT molecular complexity index is 973. The highest BCUT2D eigenvalue weighted by Gasteiger charge is 2.29. The summed E-state index contributed by atoms with van der Waals surface area (Å²) in [6.45, 7) is 1.82. The van der Waals surface area contributed by atoms with Crippen LogP contribution < -0.4 is 4.90 Å². The molecule has 0 bridgehead atoms. The van der Waals surface area contributed by atoms with Gasteiger partial charge in [0.2, 0.25) is 0 Å². The summed E-state index contributed by atoms with van der Waals surface area (Å²) in [7, 11) is 0. The molecule has 4 rings (SSSR count). The number of fused-ring (bicyclic) bond motifs is 1. The Morgan fingerprint density at radius 2 is 2.04 bits per heavy atom. The minimum atomic E-state index is -4.33. The normalized spacial score (nSPS) is 17.6. The predicted molar refractivity (Wildman–Crippen MR) is 95.8 cm³/mol. The van der Waals surface area contributed by atoms with E-state index in [9.17, 15) is 13.2 Å². The maximum atomic E-state index is 12.7. The topological polar surface area (TPSA) is 79.4 Å². The van der Waals surface area contributed by atoms with E-state index >= 15 is 0 Å². The average molecular weight is 392 g/mol. The maximum Gasteiger partial charge on any atom is 0.394 e. The Morgan fingerprint density at radius 3 is 2.82 bits per heavy atom. The molecule has 1 saturated heterocycles. The van der Waals surface area contributed by atoms with Crippen molar-refractivity contribution in [2.24, 2.45) is 5.92 Å². The highest BCUT2D eigenvalue weighted by atomic mass is 19.4. The Hall–Kier alpha value is -2.75. The fourth-order valence-corrected chi connectivity index (χ4v) is 3.50. The summed E-state index contributed by atoms with van der Waals surface area (Å²) in [5, 5.41) is 9.12. The van der Waals surface area contributed by atoms with Crippen LogP contribution in [0.5, 0.6) is 0 Å². The first-order chi connectivity index (χ1) is 13.4. The summed E-state index contributed by atoms with van der Waals surface area (Å²) in [6, 6.07) is 1.81. The highest BCUT2D eigenvalue weighted by Crippen LogP contribution is 2.26. The first-order valence-electron chi connectivity index (χ1n) is 9.01. The fourth-order valence-electron chi connectivity index (χ4n) is 3.50. The number of aromatic nitrogens is 5. The van der Waals surface area contributed by atoms with Crippen LogP contribution >= 0.6 is 0 Å². The molecular formula is C18H19F3N6O. The van der Waals surface area contributed by atoms with Gasteiger partial charge in [-0.25, -0.2) is 15.0 Å². The molecule has 1 aliphatic heterocycles. The van der Waals surface area contributed by atoms with Gasteiger partial charge < -0.3 is 10.0 Å². The van der Waals surface area contributed by atoms with Gasteiger partial charge in [-0.05, 0) is 24.8 Å². The van der Waals surface area contributed by atoms with Crippen LogP contribution in [0.15, 0.2) is 30.9 Å². The van der Waals surface area contributed by atoms with Crippen molar-refractivity contribution < 1.29 is 18.3 Å².